The van der Waals surface area contributed by atoms with Crippen molar-refractivity contribution in [3.63, 3.8) is 0 Å². The molecule has 10 nitrogen and oxygen atoms in total. The van der Waals surface area contributed by atoms with Gasteiger partial charge in [0.05, 0.1) is 37.4 Å². The quantitative estimate of drug-likeness (QED) is 0.350. The molecule has 0 unspecified atom stereocenters. The normalized spacial score (nSPS) is 26.9. The number of amides is 2. The Bertz CT molecular complexity index is 1240. The lowest BCUT2D eigenvalue weighted by molar-refractivity contribution is 0.0183. The molecule has 2 aromatic rings. The molecule has 6 atom stereocenters. The highest BCUT2D eigenvalue weighted by atomic mass is 16.6. The van der Waals surface area contributed by atoms with Crippen molar-refractivity contribution in [2.24, 2.45) is 11.8 Å². The van der Waals surface area contributed by atoms with E-state index in [2.05, 4.69) is 22.8 Å². The number of likely N-dealkylation sites (tertiary alicyclic amines) is 2. The number of anilines is 2. The number of ether oxygens (including phenoxy) is 2. The van der Waals surface area contributed by atoms with E-state index in [-0.39, 0.29) is 61.4 Å². The Kier molecular flexibility index (Phi) is 9.05. The van der Waals surface area contributed by atoms with Crippen LogP contribution in [0.4, 0.5) is 21.0 Å². The summed E-state index contributed by atoms with van der Waals surface area (Å²) in [5, 5.41) is 26.1. The van der Waals surface area contributed by atoms with Gasteiger partial charge in [0.1, 0.15) is 11.2 Å². The second kappa shape index (κ2) is 12.5. The van der Waals surface area contributed by atoms with Crippen LogP contribution in [0.2, 0.25) is 0 Å². The molecule has 6 rings (SSSR count). The maximum atomic E-state index is 12.5. The summed E-state index contributed by atoms with van der Waals surface area (Å²) in [6.07, 6.45) is 1.20. The van der Waals surface area contributed by atoms with Crippen LogP contribution < -0.4 is 10.6 Å². The number of nitrogens with zero attached hydrogens (tertiary/aromatic N) is 2. The monoisotopic (exact) mass is 608 g/mol. The number of aliphatic hydroxyl groups excluding tert-OH is 2. The summed E-state index contributed by atoms with van der Waals surface area (Å²) in [5.74, 6) is 0.430. The van der Waals surface area contributed by atoms with E-state index in [0.717, 1.165) is 35.3 Å². The van der Waals surface area contributed by atoms with Crippen LogP contribution in [0.5, 0.6) is 0 Å². The van der Waals surface area contributed by atoms with Crippen molar-refractivity contribution in [3.05, 3.63) is 59.7 Å². The minimum absolute atomic E-state index is 0.0210. The van der Waals surface area contributed by atoms with Crippen LogP contribution in [0, 0.1) is 11.8 Å². The van der Waals surface area contributed by atoms with Crippen molar-refractivity contribution >= 4 is 23.6 Å². The van der Waals surface area contributed by atoms with Gasteiger partial charge in [0, 0.05) is 36.3 Å². The highest BCUT2D eigenvalue weighted by molar-refractivity contribution is 5.72. The Hall–Kier alpha value is -3.50. The van der Waals surface area contributed by atoms with Crippen LogP contribution in [-0.4, -0.2) is 81.8 Å². The molecule has 0 saturated carbocycles. The van der Waals surface area contributed by atoms with Crippen molar-refractivity contribution in [1.82, 2.24) is 9.80 Å². The maximum absolute atomic E-state index is 12.5. The number of nitrogens with one attached hydrogen (secondary N) is 2. The Morgan fingerprint density at radius 3 is 1.41 bits per heavy atom. The SMILES string of the molecule is CC(C)(C)OC(=O)N1CC[C@@H]2[C@H](CO)Nc3ccccc3[C@@H]21.CC(C)(C)OC(=O)N1CC[C@@H]2[C@H]1c1ccccc1N[C@@H]2CO. The van der Waals surface area contributed by atoms with Crippen LogP contribution >= 0.6 is 0 Å². The van der Waals surface area contributed by atoms with Crippen molar-refractivity contribution in [1.29, 1.82) is 0 Å². The van der Waals surface area contributed by atoms with Gasteiger partial charge in [-0.3, -0.25) is 0 Å². The van der Waals surface area contributed by atoms with Gasteiger partial charge in [-0.1, -0.05) is 36.4 Å². The van der Waals surface area contributed by atoms with Crippen molar-refractivity contribution in [3.8, 4) is 0 Å². The fourth-order valence-corrected chi connectivity index (χ4v) is 7.07. The Morgan fingerprint density at radius 1 is 0.705 bits per heavy atom. The lowest BCUT2D eigenvalue weighted by atomic mass is 9.83. The molecule has 44 heavy (non-hydrogen) atoms. The number of para-hydroxylation sites is 2. The summed E-state index contributed by atoms with van der Waals surface area (Å²) in [5.41, 5.74) is 3.22. The van der Waals surface area contributed by atoms with E-state index >= 15 is 0 Å². The molecule has 4 aliphatic rings. The van der Waals surface area contributed by atoms with E-state index in [0.29, 0.717) is 13.1 Å². The van der Waals surface area contributed by atoms with Gasteiger partial charge in [-0.2, -0.15) is 0 Å². The molecule has 0 radical (unpaired) electrons. The Morgan fingerprint density at radius 2 is 1.07 bits per heavy atom. The van der Waals surface area contributed by atoms with Gasteiger partial charge in [0.15, 0.2) is 0 Å². The second-order valence-electron chi connectivity index (χ2n) is 14.2. The fourth-order valence-electron chi connectivity index (χ4n) is 7.07. The third-order valence-corrected chi connectivity index (χ3v) is 8.81. The Balaban J connectivity index is 0.000000175. The van der Waals surface area contributed by atoms with Crippen LogP contribution in [0.15, 0.2) is 48.5 Å². The number of carbonyl (C=O) groups excluding carboxylic acids is 2. The van der Waals surface area contributed by atoms with Gasteiger partial charge in [0.25, 0.3) is 0 Å². The molecule has 0 spiro atoms. The zero-order valence-corrected chi connectivity index (χ0v) is 26.7. The van der Waals surface area contributed by atoms with E-state index in [4.69, 9.17) is 9.47 Å². The van der Waals surface area contributed by atoms with Gasteiger partial charge in [-0.05, 0) is 77.6 Å². The first kappa shape index (κ1) is 31.9. The van der Waals surface area contributed by atoms with Gasteiger partial charge in [0.2, 0.25) is 0 Å². The number of carbonyl (C=O) groups is 2. The molecule has 0 aliphatic carbocycles. The van der Waals surface area contributed by atoms with E-state index in [1.807, 2.05) is 87.7 Å². The molecular formula is C34H48N4O6. The Labute approximate surface area is 260 Å². The summed E-state index contributed by atoms with van der Waals surface area (Å²) in [6, 6.07) is 15.9. The first-order valence-corrected chi connectivity index (χ1v) is 15.7. The summed E-state index contributed by atoms with van der Waals surface area (Å²) in [6.45, 7) is 12.7. The molecule has 2 fully saturated rings. The van der Waals surface area contributed by atoms with Crippen molar-refractivity contribution in [2.75, 3.05) is 36.9 Å². The lowest BCUT2D eigenvalue weighted by Gasteiger charge is -2.39. The smallest absolute Gasteiger partial charge is 0.410 e. The first-order valence-electron chi connectivity index (χ1n) is 15.7. The summed E-state index contributed by atoms with van der Waals surface area (Å²) in [7, 11) is 0. The molecule has 2 amide bonds. The maximum Gasteiger partial charge on any atom is 0.410 e. The summed E-state index contributed by atoms with van der Waals surface area (Å²) in [4.78, 5) is 28.7. The molecule has 4 aliphatic heterocycles. The molecule has 2 aromatic carbocycles. The highest BCUT2D eigenvalue weighted by Crippen LogP contribution is 2.47. The second-order valence-corrected chi connectivity index (χ2v) is 14.2. The average Bonchev–Trinajstić information content (AvgIpc) is 3.61. The largest absolute Gasteiger partial charge is 0.444 e. The number of rotatable bonds is 2. The number of benzene rings is 2. The molecule has 0 bridgehead atoms. The van der Waals surface area contributed by atoms with E-state index in [9.17, 15) is 19.8 Å². The highest BCUT2D eigenvalue weighted by Gasteiger charge is 2.48. The third-order valence-electron chi connectivity index (χ3n) is 8.81. The van der Waals surface area contributed by atoms with Gasteiger partial charge < -0.3 is 40.1 Å². The number of aliphatic hydroxyl groups is 2. The molecular weight excluding hydrogens is 560 g/mol. The third kappa shape index (κ3) is 6.61. The fraction of sp³-hybridized carbons (Fsp3) is 0.588. The minimum Gasteiger partial charge on any atom is -0.444 e. The van der Waals surface area contributed by atoms with Gasteiger partial charge in [-0.25, -0.2) is 9.59 Å². The predicted octanol–water partition coefficient (Wildman–Crippen LogP) is 5.54. The van der Waals surface area contributed by atoms with Crippen molar-refractivity contribution < 1.29 is 29.3 Å². The predicted molar refractivity (Wildman–Crippen MR) is 169 cm³/mol. The lowest BCUT2D eigenvalue weighted by Crippen LogP contribution is -2.44. The van der Waals surface area contributed by atoms with Crippen LogP contribution in [0.3, 0.4) is 0 Å². The van der Waals surface area contributed by atoms with E-state index in [1.54, 1.807) is 0 Å². The van der Waals surface area contributed by atoms with Gasteiger partial charge >= 0.3 is 12.2 Å². The molecule has 4 heterocycles. The topological polar surface area (TPSA) is 124 Å². The molecule has 0 aromatic heterocycles. The summed E-state index contributed by atoms with van der Waals surface area (Å²) >= 11 is 0. The molecule has 2 saturated heterocycles. The van der Waals surface area contributed by atoms with Crippen molar-refractivity contribution in [2.45, 2.75) is 89.8 Å². The van der Waals surface area contributed by atoms with Gasteiger partial charge in [-0.15, -0.1) is 0 Å². The van der Waals surface area contributed by atoms with E-state index in [1.165, 1.54) is 0 Å². The number of fused-ring (bicyclic) bond motifs is 6. The standard InChI is InChI=1S/2C17H24N2O3/c2*1-17(2,3)22-16(21)19-9-8-12-14(10-20)18-13-7-5-4-6-11(13)15(12)19/h2*4-7,12,14-15,18,20H,8-10H2,1-3H3/t2*12-,14+,15+/m10/s1. The minimum atomic E-state index is -0.502. The molecule has 240 valence electrons. The number of hydrogen-bond donors (Lipinski definition) is 4. The van der Waals surface area contributed by atoms with Crippen LogP contribution in [-0.2, 0) is 9.47 Å². The molecule has 4 N–H and O–H groups in total. The van der Waals surface area contributed by atoms with E-state index < -0.39 is 11.2 Å². The average molecular weight is 609 g/mol. The zero-order chi connectivity index (χ0) is 31.8. The number of hydrogen-bond acceptors (Lipinski definition) is 8. The first-order chi connectivity index (χ1) is 20.8. The van der Waals surface area contributed by atoms with Crippen LogP contribution in [0.25, 0.3) is 0 Å². The zero-order valence-electron chi connectivity index (χ0n) is 26.7. The van der Waals surface area contributed by atoms with Crippen LogP contribution in [0.1, 0.15) is 77.6 Å². The summed E-state index contributed by atoms with van der Waals surface area (Å²) < 4.78 is 11.1. The molecule has 10 heteroatoms.